The van der Waals surface area contributed by atoms with E-state index in [1.165, 1.54) is 0 Å². The van der Waals surface area contributed by atoms with Gasteiger partial charge in [-0.1, -0.05) is 20.8 Å². The second-order valence-corrected chi connectivity index (χ2v) is 8.94. The molecule has 2 fully saturated rings. The Balaban J connectivity index is 1.38. The zero-order valence-electron chi connectivity index (χ0n) is 16.6. The van der Waals surface area contributed by atoms with E-state index in [4.69, 9.17) is 5.10 Å². The molecule has 27 heavy (non-hydrogen) atoms. The number of anilines is 1. The molecule has 1 amide bonds. The first-order valence-corrected chi connectivity index (χ1v) is 9.76. The van der Waals surface area contributed by atoms with Gasteiger partial charge in [-0.25, -0.2) is 0 Å². The fraction of sp³-hybridized carbons (Fsp3) is 0.684. The summed E-state index contributed by atoms with van der Waals surface area (Å²) in [7, 11) is 2.19. The lowest BCUT2D eigenvalue weighted by atomic mass is 9.96. The van der Waals surface area contributed by atoms with Crippen LogP contribution >= 0.6 is 0 Å². The normalized spacial score (nSPS) is 21.6. The lowest BCUT2D eigenvalue weighted by Gasteiger charge is -2.45. The monoisotopic (exact) mass is 371 g/mol. The Morgan fingerprint density at radius 3 is 2.70 bits per heavy atom. The second-order valence-electron chi connectivity index (χ2n) is 8.94. The van der Waals surface area contributed by atoms with Gasteiger partial charge >= 0.3 is 0 Å². The summed E-state index contributed by atoms with van der Waals surface area (Å²) in [6.07, 6.45) is 1.66. The Kier molecular flexibility index (Phi) is 4.53. The Bertz CT molecular complexity index is 824. The number of piperidine rings is 1. The van der Waals surface area contributed by atoms with E-state index in [1.54, 1.807) is 0 Å². The first-order chi connectivity index (χ1) is 12.8. The standard InChI is InChI=1S/C19H29N7O/c1-19(2,3)18-22-21-15-6-7-16(23-26(15)18)25-11-14(12-25)24(4)10-13-5-8-17(27)20-9-13/h6-7,13-14H,5,8-12H2,1-4H3,(H,20,27). The van der Waals surface area contributed by atoms with E-state index in [0.717, 1.165) is 49.9 Å². The molecule has 2 aromatic heterocycles. The fourth-order valence-electron chi connectivity index (χ4n) is 3.83. The van der Waals surface area contributed by atoms with Gasteiger partial charge in [0.2, 0.25) is 5.91 Å². The van der Waals surface area contributed by atoms with Crippen molar-refractivity contribution in [2.45, 2.75) is 45.1 Å². The number of amides is 1. The van der Waals surface area contributed by atoms with E-state index in [0.29, 0.717) is 18.4 Å². The van der Waals surface area contributed by atoms with Crippen LogP contribution in [-0.4, -0.2) is 69.9 Å². The molecule has 2 aliphatic rings. The van der Waals surface area contributed by atoms with Crippen molar-refractivity contribution in [2.24, 2.45) is 5.92 Å². The van der Waals surface area contributed by atoms with Crippen molar-refractivity contribution < 1.29 is 4.79 Å². The highest BCUT2D eigenvalue weighted by Crippen LogP contribution is 2.25. The number of nitrogens with zero attached hydrogens (tertiary/aromatic N) is 6. The molecular formula is C19H29N7O. The van der Waals surface area contributed by atoms with E-state index in [1.807, 2.05) is 16.6 Å². The SMILES string of the molecule is CN(CC1CCC(=O)NC1)C1CN(c2ccc3nnc(C(C)(C)C)n3n2)C1. The molecule has 0 radical (unpaired) electrons. The number of carbonyl (C=O) groups excluding carboxylic acids is 1. The van der Waals surface area contributed by atoms with Gasteiger partial charge in [-0.15, -0.1) is 15.3 Å². The molecule has 1 N–H and O–H groups in total. The number of rotatable bonds is 4. The number of hydrogen-bond donors (Lipinski definition) is 1. The van der Waals surface area contributed by atoms with Gasteiger partial charge in [-0.05, 0) is 31.5 Å². The summed E-state index contributed by atoms with van der Waals surface area (Å²) < 4.78 is 1.87. The van der Waals surface area contributed by atoms with Crippen molar-refractivity contribution in [1.29, 1.82) is 0 Å². The maximum absolute atomic E-state index is 11.3. The molecule has 0 aromatic carbocycles. The van der Waals surface area contributed by atoms with E-state index < -0.39 is 0 Å². The molecule has 1 atom stereocenters. The zero-order valence-corrected chi connectivity index (χ0v) is 16.6. The smallest absolute Gasteiger partial charge is 0.220 e. The molecule has 0 saturated carbocycles. The van der Waals surface area contributed by atoms with Crippen LogP contribution in [0.5, 0.6) is 0 Å². The van der Waals surface area contributed by atoms with Crippen LogP contribution in [0.1, 0.15) is 39.4 Å². The van der Waals surface area contributed by atoms with Gasteiger partial charge in [-0.3, -0.25) is 9.69 Å². The molecule has 2 aromatic rings. The van der Waals surface area contributed by atoms with Crippen LogP contribution in [0, 0.1) is 5.92 Å². The molecule has 8 nitrogen and oxygen atoms in total. The Labute approximate surface area is 159 Å². The molecule has 1 unspecified atom stereocenters. The van der Waals surface area contributed by atoms with Crippen LogP contribution in [-0.2, 0) is 10.2 Å². The van der Waals surface area contributed by atoms with Crippen molar-refractivity contribution in [3.05, 3.63) is 18.0 Å². The maximum Gasteiger partial charge on any atom is 0.220 e. The molecule has 2 saturated heterocycles. The largest absolute Gasteiger partial charge is 0.356 e. The summed E-state index contributed by atoms with van der Waals surface area (Å²) in [5.74, 6) is 2.60. The molecule has 0 spiro atoms. The van der Waals surface area contributed by atoms with E-state index >= 15 is 0 Å². The third-order valence-electron chi connectivity index (χ3n) is 5.64. The third kappa shape index (κ3) is 3.63. The quantitative estimate of drug-likeness (QED) is 0.866. The average molecular weight is 371 g/mol. The molecule has 146 valence electrons. The number of fused-ring (bicyclic) bond motifs is 1. The Morgan fingerprint density at radius 2 is 2.04 bits per heavy atom. The molecular weight excluding hydrogens is 342 g/mol. The molecule has 2 aliphatic heterocycles. The van der Waals surface area contributed by atoms with Crippen LogP contribution in [0.25, 0.3) is 5.65 Å². The highest BCUT2D eigenvalue weighted by molar-refractivity contribution is 5.76. The summed E-state index contributed by atoms with van der Waals surface area (Å²) in [5.41, 5.74) is 0.690. The summed E-state index contributed by atoms with van der Waals surface area (Å²) in [4.78, 5) is 16.0. The Morgan fingerprint density at radius 1 is 1.26 bits per heavy atom. The molecule has 0 aliphatic carbocycles. The van der Waals surface area contributed by atoms with Gasteiger partial charge in [0.1, 0.15) is 5.82 Å². The number of nitrogens with one attached hydrogen (secondary N) is 1. The van der Waals surface area contributed by atoms with Gasteiger partial charge in [-0.2, -0.15) is 4.52 Å². The van der Waals surface area contributed by atoms with Crippen LogP contribution < -0.4 is 10.2 Å². The van der Waals surface area contributed by atoms with Gasteiger partial charge in [0.25, 0.3) is 0 Å². The zero-order chi connectivity index (χ0) is 19.2. The third-order valence-corrected chi connectivity index (χ3v) is 5.64. The Hall–Kier alpha value is -2.22. The van der Waals surface area contributed by atoms with E-state index in [9.17, 15) is 4.79 Å². The van der Waals surface area contributed by atoms with Crippen LogP contribution in [0.3, 0.4) is 0 Å². The number of likely N-dealkylation sites (N-methyl/N-ethyl adjacent to an activating group) is 1. The second kappa shape index (κ2) is 6.74. The minimum Gasteiger partial charge on any atom is -0.356 e. The van der Waals surface area contributed by atoms with Crippen LogP contribution in [0.15, 0.2) is 12.1 Å². The van der Waals surface area contributed by atoms with Gasteiger partial charge in [0, 0.05) is 44.1 Å². The van der Waals surface area contributed by atoms with Gasteiger partial charge in [0.15, 0.2) is 11.5 Å². The average Bonchev–Trinajstić information content (AvgIpc) is 2.99. The number of carbonyl (C=O) groups is 1. The minimum atomic E-state index is -0.0991. The molecule has 4 rings (SSSR count). The lowest BCUT2D eigenvalue weighted by Crippen LogP contribution is -2.60. The van der Waals surface area contributed by atoms with Crippen molar-refractivity contribution in [3.63, 3.8) is 0 Å². The fourth-order valence-corrected chi connectivity index (χ4v) is 3.83. The van der Waals surface area contributed by atoms with Crippen molar-refractivity contribution in [2.75, 3.05) is 38.1 Å². The van der Waals surface area contributed by atoms with Crippen molar-refractivity contribution in [1.82, 2.24) is 30.0 Å². The summed E-state index contributed by atoms with van der Waals surface area (Å²) in [5, 5.41) is 16.3. The van der Waals surface area contributed by atoms with Gasteiger partial charge < -0.3 is 10.2 Å². The summed E-state index contributed by atoms with van der Waals surface area (Å²) in [6.45, 7) is 10.2. The van der Waals surface area contributed by atoms with Crippen LogP contribution in [0.2, 0.25) is 0 Å². The summed E-state index contributed by atoms with van der Waals surface area (Å²) >= 11 is 0. The van der Waals surface area contributed by atoms with Crippen molar-refractivity contribution >= 4 is 17.4 Å². The minimum absolute atomic E-state index is 0.0991. The molecule has 0 bridgehead atoms. The topological polar surface area (TPSA) is 78.7 Å². The van der Waals surface area contributed by atoms with Gasteiger partial charge in [0.05, 0.1) is 0 Å². The predicted octanol–water partition coefficient (Wildman–Crippen LogP) is 1.07. The van der Waals surface area contributed by atoms with Crippen LogP contribution in [0.4, 0.5) is 5.82 Å². The lowest BCUT2D eigenvalue weighted by molar-refractivity contribution is -0.123. The highest BCUT2D eigenvalue weighted by atomic mass is 16.1. The number of aromatic nitrogens is 4. The number of hydrogen-bond acceptors (Lipinski definition) is 6. The predicted molar refractivity (Wildman–Crippen MR) is 104 cm³/mol. The molecule has 8 heteroatoms. The summed E-state index contributed by atoms with van der Waals surface area (Å²) in [6, 6.07) is 4.55. The maximum atomic E-state index is 11.3. The van der Waals surface area contributed by atoms with E-state index in [-0.39, 0.29) is 11.3 Å². The first kappa shape index (κ1) is 18.2. The van der Waals surface area contributed by atoms with E-state index in [2.05, 4.69) is 53.1 Å². The molecule has 4 heterocycles. The first-order valence-electron chi connectivity index (χ1n) is 9.76. The highest BCUT2D eigenvalue weighted by Gasteiger charge is 2.33. The van der Waals surface area contributed by atoms with Crippen molar-refractivity contribution in [3.8, 4) is 0 Å².